The number of nitrogens with zero attached hydrogens (tertiary/aromatic N) is 1. The molecule has 6 nitrogen and oxygen atoms in total. The Balaban J connectivity index is 1.76. The average molecular weight is 473 g/mol. The van der Waals surface area contributed by atoms with E-state index in [0.29, 0.717) is 23.7 Å². The number of carbonyl (C=O) groups excluding carboxylic acids is 2. The zero-order valence-corrected chi connectivity index (χ0v) is 20.1. The Morgan fingerprint density at radius 2 is 1.79 bits per heavy atom. The Kier molecular flexibility index (Phi) is 9.43. The Morgan fingerprint density at radius 3 is 2.42 bits per heavy atom. The molecule has 2 aromatic rings. The Bertz CT molecular complexity index is 913. The molecule has 0 radical (unpaired) electrons. The second-order valence-electron chi connectivity index (χ2n) is 8.36. The number of hydrogen-bond donors (Lipinski definition) is 1. The first-order valence-electron chi connectivity index (χ1n) is 11.6. The number of para-hydroxylation sites is 1. The first-order chi connectivity index (χ1) is 16.0. The van der Waals surface area contributed by atoms with Crippen LogP contribution < -0.4 is 14.8 Å². The van der Waals surface area contributed by atoms with E-state index in [4.69, 9.17) is 21.1 Å². The molecule has 2 amide bonds. The summed E-state index contributed by atoms with van der Waals surface area (Å²) in [5, 5.41) is 3.62. The molecular formula is C26H33ClN2O4. The van der Waals surface area contributed by atoms with Crippen LogP contribution in [0.5, 0.6) is 11.5 Å². The van der Waals surface area contributed by atoms with Gasteiger partial charge in [-0.3, -0.25) is 9.59 Å². The molecule has 1 aliphatic carbocycles. The molecule has 0 aromatic heterocycles. The van der Waals surface area contributed by atoms with Crippen LogP contribution in [-0.2, 0) is 16.1 Å². The summed E-state index contributed by atoms with van der Waals surface area (Å²) in [5.74, 6) is 0.803. The van der Waals surface area contributed by atoms with E-state index in [1.165, 1.54) is 6.42 Å². The van der Waals surface area contributed by atoms with Crippen LogP contribution in [0.25, 0.3) is 0 Å². The molecule has 1 aliphatic rings. The number of amides is 2. The normalized spacial score (nSPS) is 14.9. The van der Waals surface area contributed by atoms with Crippen molar-refractivity contribution in [2.75, 3.05) is 13.7 Å². The lowest BCUT2D eigenvalue weighted by molar-refractivity contribution is -0.143. The van der Waals surface area contributed by atoms with Crippen LogP contribution in [0.3, 0.4) is 0 Å². The van der Waals surface area contributed by atoms with Gasteiger partial charge in [0.1, 0.15) is 17.5 Å². The summed E-state index contributed by atoms with van der Waals surface area (Å²) in [7, 11) is 1.61. The summed E-state index contributed by atoms with van der Waals surface area (Å²) >= 11 is 6.17. The highest BCUT2D eigenvalue weighted by molar-refractivity contribution is 6.32. The molecular weight excluding hydrogens is 440 g/mol. The molecule has 1 N–H and O–H groups in total. The van der Waals surface area contributed by atoms with Gasteiger partial charge in [-0.25, -0.2) is 0 Å². The topological polar surface area (TPSA) is 67.9 Å². The summed E-state index contributed by atoms with van der Waals surface area (Å²) in [4.78, 5) is 28.1. The highest BCUT2D eigenvalue weighted by atomic mass is 35.5. The zero-order chi connectivity index (χ0) is 23.6. The average Bonchev–Trinajstić information content (AvgIpc) is 2.84. The van der Waals surface area contributed by atoms with Gasteiger partial charge in [0.05, 0.1) is 12.1 Å². The van der Waals surface area contributed by atoms with Crippen molar-refractivity contribution < 1.29 is 19.1 Å². The lowest BCUT2D eigenvalue weighted by Gasteiger charge is -2.32. The van der Waals surface area contributed by atoms with E-state index in [2.05, 4.69) is 5.32 Å². The van der Waals surface area contributed by atoms with Crippen LogP contribution >= 0.6 is 11.6 Å². The number of benzene rings is 2. The van der Waals surface area contributed by atoms with Crippen LogP contribution in [0.1, 0.15) is 51.0 Å². The van der Waals surface area contributed by atoms with E-state index in [0.717, 1.165) is 37.0 Å². The first-order valence-corrected chi connectivity index (χ1v) is 12.0. The maximum atomic E-state index is 13.3. The van der Waals surface area contributed by atoms with Crippen LogP contribution in [0.15, 0.2) is 48.5 Å². The number of ether oxygens (including phenoxy) is 2. The minimum atomic E-state index is -0.587. The van der Waals surface area contributed by atoms with Crippen molar-refractivity contribution in [1.82, 2.24) is 10.2 Å². The Labute approximate surface area is 201 Å². The Morgan fingerprint density at radius 1 is 1.09 bits per heavy atom. The molecule has 178 valence electrons. The van der Waals surface area contributed by atoms with E-state index >= 15 is 0 Å². The molecule has 33 heavy (non-hydrogen) atoms. The van der Waals surface area contributed by atoms with E-state index in [1.807, 2.05) is 31.2 Å². The van der Waals surface area contributed by atoms with Gasteiger partial charge in [0, 0.05) is 12.6 Å². The maximum absolute atomic E-state index is 13.3. The van der Waals surface area contributed by atoms with Crippen LogP contribution in [0.4, 0.5) is 0 Å². The SMILES string of the molecule is CC[C@H](C(=O)NC1CCCCC1)N(Cc1ccc(OC)cc1)C(=O)COc1ccccc1Cl. The molecule has 0 spiro atoms. The molecule has 0 saturated heterocycles. The van der Waals surface area contributed by atoms with E-state index < -0.39 is 6.04 Å². The fraction of sp³-hybridized carbons (Fsp3) is 0.462. The van der Waals surface area contributed by atoms with Gasteiger partial charge in [-0.2, -0.15) is 0 Å². The number of nitrogens with one attached hydrogen (secondary N) is 1. The first kappa shape index (κ1) is 24.9. The third kappa shape index (κ3) is 7.13. The quantitative estimate of drug-likeness (QED) is 0.529. The smallest absolute Gasteiger partial charge is 0.261 e. The van der Waals surface area contributed by atoms with Crippen molar-refractivity contribution in [3.05, 3.63) is 59.1 Å². The number of halogens is 1. The fourth-order valence-electron chi connectivity index (χ4n) is 4.18. The monoisotopic (exact) mass is 472 g/mol. The van der Waals surface area contributed by atoms with Crippen molar-refractivity contribution in [2.45, 2.75) is 64.1 Å². The number of rotatable bonds is 10. The maximum Gasteiger partial charge on any atom is 0.261 e. The molecule has 7 heteroatoms. The molecule has 2 aromatic carbocycles. The molecule has 0 aliphatic heterocycles. The second-order valence-corrected chi connectivity index (χ2v) is 8.76. The second kappa shape index (κ2) is 12.5. The van der Waals surface area contributed by atoms with Crippen LogP contribution in [0, 0.1) is 0 Å². The fourth-order valence-corrected chi connectivity index (χ4v) is 4.37. The molecule has 1 saturated carbocycles. The van der Waals surface area contributed by atoms with Crippen LogP contribution in [-0.4, -0.2) is 42.5 Å². The number of carbonyl (C=O) groups is 2. The minimum absolute atomic E-state index is 0.107. The van der Waals surface area contributed by atoms with Crippen LogP contribution in [0.2, 0.25) is 5.02 Å². The predicted molar refractivity (Wildman–Crippen MR) is 130 cm³/mol. The van der Waals surface area contributed by atoms with Gasteiger partial charge >= 0.3 is 0 Å². The predicted octanol–water partition coefficient (Wildman–Crippen LogP) is 4.98. The standard InChI is InChI=1S/C26H33ClN2O4/c1-3-23(26(31)28-20-9-5-4-6-10-20)29(17-19-13-15-21(32-2)16-14-19)25(30)18-33-24-12-8-7-11-22(24)27/h7-8,11-16,20,23H,3-6,9-10,17-18H2,1-2H3,(H,28,31)/t23-/m1/s1. The molecule has 0 bridgehead atoms. The summed E-state index contributed by atoms with van der Waals surface area (Å²) < 4.78 is 10.9. The minimum Gasteiger partial charge on any atom is -0.497 e. The number of hydrogen-bond acceptors (Lipinski definition) is 4. The van der Waals surface area contributed by atoms with Crippen molar-refractivity contribution in [3.63, 3.8) is 0 Å². The van der Waals surface area contributed by atoms with Gasteiger partial charge in [-0.1, -0.05) is 62.1 Å². The zero-order valence-electron chi connectivity index (χ0n) is 19.4. The van der Waals surface area contributed by atoms with Crippen molar-refractivity contribution in [3.8, 4) is 11.5 Å². The van der Waals surface area contributed by atoms with Crippen molar-refractivity contribution in [2.24, 2.45) is 0 Å². The van der Waals surface area contributed by atoms with Gasteiger partial charge in [-0.15, -0.1) is 0 Å². The van der Waals surface area contributed by atoms with Crippen molar-refractivity contribution in [1.29, 1.82) is 0 Å². The molecule has 0 unspecified atom stereocenters. The van der Waals surface area contributed by atoms with Gasteiger partial charge in [0.15, 0.2) is 6.61 Å². The summed E-state index contributed by atoms with van der Waals surface area (Å²) in [5.41, 5.74) is 0.908. The Hall–Kier alpha value is -2.73. The summed E-state index contributed by atoms with van der Waals surface area (Å²) in [6.45, 7) is 2.02. The molecule has 0 heterocycles. The third-order valence-electron chi connectivity index (χ3n) is 6.04. The van der Waals surface area contributed by atoms with Gasteiger partial charge in [0.25, 0.3) is 5.91 Å². The summed E-state index contributed by atoms with van der Waals surface area (Å²) in [6, 6.07) is 14.1. The number of methoxy groups -OCH3 is 1. The lowest BCUT2D eigenvalue weighted by atomic mass is 9.95. The van der Waals surface area contributed by atoms with Gasteiger partial charge in [-0.05, 0) is 49.1 Å². The van der Waals surface area contributed by atoms with Crippen molar-refractivity contribution >= 4 is 23.4 Å². The summed E-state index contributed by atoms with van der Waals surface area (Å²) in [6.07, 6.45) is 5.95. The van der Waals surface area contributed by atoms with Gasteiger partial charge < -0.3 is 19.7 Å². The third-order valence-corrected chi connectivity index (χ3v) is 6.35. The van der Waals surface area contributed by atoms with E-state index in [9.17, 15) is 9.59 Å². The molecule has 1 atom stereocenters. The largest absolute Gasteiger partial charge is 0.497 e. The lowest BCUT2D eigenvalue weighted by Crippen LogP contribution is -2.52. The highest BCUT2D eigenvalue weighted by Gasteiger charge is 2.30. The molecule has 1 fully saturated rings. The van der Waals surface area contributed by atoms with Gasteiger partial charge in [0.2, 0.25) is 5.91 Å². The van der Waals surface area contributed by atoms with E-state index in [1.54, 1.807) is 36.3 Å². The molecule has 3 rings (SSSR count). The van der Waals surface area contributed by atoms with E-state index in [-0.39, 0.29) is 24.5 Å². The highest BCUT2D eigenvalue weighted by Crippen LogP contribution is 2.24.